The number of benzene rings is 1. The number of nitrogens with zero attached hydrogens (tertiary/aromatic N) is 1. The quantitative estimate of drug-likeness (QED) is 0.677. The molecule has 20 heavy (non-hydrogen) atoms. The zero-order valence-corrected chi connectivity index (χ0v) is 13.1. The van der Waals surface area contributed by atoms with Gasteiger partial charge in [0.1, 0.15) is 0 Å². The molecule has 0 radical (unpaired) electrons. The van der Waals surface area contributed by atoms with E-state index >= 15 is 0 Å². The standard InChI is InChI=1S/C15H17ClN2OS/c1-3-5-13-12(14(19)18-15(17-13)20-2)9-10-6-4-7-11(16)8-10/h4,6-8H,3,5,9H2,1-2H3,(H,17,18,19). The molecule has 0 amide bonds. The number of rotatable bonds is 5. The van der Waals surface area contributed by atoms with Crippen molar-refractivity contribution in [3.05, 3.63) is 56.5 Å². The summed E-state index contributed by atoms with van der Waals surface area (Å²) in [5, 5.41) is 1.36. The lowest BCUT2D eigenvalue weighted by molar-refractivity contribution is 0.789. The Hall–Kier alpha value is -1.26. The summed E-state index contributed by atoms with van der Waals surface area (Å²) < 4.78 is 0. The lowest BCUT2D eigenvalue weighted by atomic mass is 10.0. The molecule has 0 saturated carbocycles. The highest BCUT2D eigenvalue weighted by Gasteiger charge is 2.11. The minimum absolute atomic E-state index is 0.0484. The first-order chi connectivity index (χ1) is 9.63. The van der Waals surface area contributed by atoms with Gasteiger partial charge in [-0.2, -0.15) is 0 Å². The Bertz CT molecular complexity index is 655. The van der Waals surface area contributed by atoms with Gasteiger partial charge in [-0.3, -0.25) is 4.79 Å². The predicted molar refractivity (Wildman–Crippen MR) is 84.9 cm³/mol. The Kier molecular flexibility index (Phi) is 5.26. The summed E-state index contributed by atoms with van der Waals surface area (Å²) in [5.41, 5.74) is 2.61. The van der Waals surface area contributed by atoms with E-state index < -0.39 is 0 Å². The lowest BCUT2D eigenvalue weighted by Gasteiger charge is -2.09. The van der Waals surface area contributed by atoms with Crippen molar-refractivity contribution in [1.82, 2.24) is 9.97 Å². The summed E-state index contributed by atoms with van der Waals surface area (Å²) >= 11 is 7.45. The number of halogens is 1. The van der Waals surface area contributed by atoms with E-state index in [2.05, 4.69) is 16.9 Å². The molecular formula is C15H17ClN2OS. The van der Waals surface area contributed by atoms with Gasteiger partial charge in [0, 0.05) is 17.0 Å². The van der Waals surface area contributed by atoms with Crippen LogP contribution >= 0.6 is 23.4 Å². The van der Waals surface area contributed by atoms with Gasteiger partial charge < -0.3 is 4.98 Å². The fourth-order valence-electron chi connectivity index (χ4n) is 2.10. The van der Waals surface area contributed by atoms with Gasteiger partial charge in [0.15, 0.2) is 5.16 Å². The second-order valence-corrected chi connectivity index (χ2v) is 5.79. The maximum absolute atomic E-state index is 12.2. The van der Waals surface area contributed by atoms with Crippen LogP contribution in [0.2, 0.25) is 5.02 Å². The van der Waals surface area contributed by atoms with Crippen molar-refractivity contribution in [3.63, 3.8) is 0 Å². The van der Waals surface area contributed by atoms with Crippen molar-refractivity contribution in [2.24, 2.45) is 0 Å². The summed E-state index contributed by atoms with van der Waals surface area (Å²) in [6.07, 6.45) is 4.25. The van der Waals surface area contributed by atoms with E-state index in [-0.39, 0.29) is 5.56 Å². The Morgan fingerprint density at radius 2 is 2.20 bits per heavy atom. The largest absolute Gasteiger partial charge is 0.301 e. The normalized spacial score (nSPS) is 10.8. The third-order valence-corrected chi connectivity index (χ3v) is 3.84. The molecule has 1 N–H and O–H groups in total. The number of aryl methyl sites for hydroxylation is 1. The molecular weight excluding hydrogens is 292 g/mol. The molecule has 2 aromatic rings. The van der Waals surface area contributed by atoms with Gasteiger partial charge in [0.2, 0.25) is 0 Å². The summed E-state index contributed by atoms with van der Waals surface area (Å²) in [5.74, 6) is 0. The predicted octanol–water partition coefficient (Wildman–Crippen LogP) is 3.69. The third-order valence-electron chi connectivity index (χ3n) is 3.03. The molecule has 0 aliphatic carbocycles. The molecule has 0 saturated heterocycles. The second kappa shape index (κ2) is 6.95. The van der Waals surface area contributed by atoms with Crippen LogP contribution in [-0.2, 0) is 12.8 Å². The number of hydrogen-bond donors (Lipinski definition) is 1. The highest BCUT2D eigenvalue weighted by molar-refractivity contribution is 7.98. The van der Waals surface area contributed by atoms with E-state index in [1.54, 1.807) is 0 Å². The van der Waals surface area contributed by atoms with Gasteiger partial charge in [0.05, 0.1) is 5.69 Å². The summed E-state index contributed by atoms with van der Waals surface area (Å²) in [7, 11) is 0. The number of aromatic nitrogens is 2. The average molecular weight is 309 g/mol. The SMILES string of the molecule is CCCc1nc(SC)[nH]c(=O)c1Cc1cccc(Cl)c1. The van der Waals surface area contributed by atoms with Crippen LogP contribution in [0.25, 0.3) is 0 Å². The Morgan fingerprint density at radius 3 is 2.85 bits per heavy atom. The average Bonchev–Trinajstić information content (AvgIpc) is 2.42. The molecule has 1 aromatic carbocycles. The molecule has 0 aliphatic heterocycles. The molecule has 3 nitrogen and oxygen atoms in total. The number of hydrogen-bond acceptors (Lipinski definition) is 3. The molecule has 0 atom stereocenters. The topological polar surface area (TPSA) is 45.8 Å². The number of H-pyrrole nitrogens is 1. The smallest absolute Gasteiger partial charge is 0.255 e. The van der Waals surface area contributed by atoms with Gasteiger partial charge in [-0.25, -0.2) is 4.98 Å². The third kappa shape index (κ3) is 3.64. The number of thioether (sulfide) groups is 1. The van der Waals surface area contributed by atoms with E-state index in [4.69, 9.17) is 11.6 Å². The Morgan fingerprint density at radius 1 is 1.40 bits per heavy atom. The summed E-state index contributed by atoms with van der Waals surface area (Å²) in [6.45, 7) is 2.09. The molecule has 0 spiro atoms. The summed E-state index contributed by atoms with van der Waals surface area (Å²) in [6, 6.07) is 7.59. The fraction of sp³-hybridized carbons (Fsp3) is 0.333. The highest BCUT2D eigenvalue weighted by Crippen LogP contribution is 2.17. The van der Waals surface area contributed by atoms with E-state index in [1.807, 2.05) is 30.5 Å². The van der Waals surface area contributed by atoms with Gasteiger partial charge in [-0.05, 0) is 30.4 Å². The van der Waals surface area contributed by atoms with Gasteiger partial charge in [-0.1, -0.05) is 48.8 Å². The number of aromatic amines is 1. The van der Waals surface area contributed by atoms with Crippen molar-refractivity contribution < 1.29 is 0 Å². The van der Waals surface area contributed by atoms with Crippen LogP contribution in [0.1, 0.15) is 30.2 Å². The maximum atomic E-state index is 12.2. The molecule has 0 bridgehead atoms. The van der Waals surface area contributed by atoms with E-state index in [0.29, 0.717) is 16.6 Å². The van der Waals surface area contributed by atoms with Crippen molar-refractivity contribution in [2.75, 3.05) is 6.26 Å². The van der Waals surface area contributed by atoms with Crippen molar-refractivity contribution in [3.8, 4) is 0 Å². The van der Waals surface area contributed by atoms with Gasteiger partial charge in [0.25, 0.3) is 5.56 Å². The molecule has 0 unspecified atom stereocenters. The van der Waals surface area contributed by atoms with Crippen LogP contribution in [0, 0.1) is 0 Å². The Labute approximate surface area is 127 Å². The maximum Gasteiger partial charge on any atom is 0.255 e. The first-order valence-electron chi connectivity index (χ1n) is 6.54. The molecule has 5 heteroatoms. The van der Waals surface area contributed by atoms with Crippen LogP contribution < -0.4 is 5.56 Å². The van der Waals surface area contributed by atoms with E-state index in [9.17, 15) is 4.79 Å². The molecule has 0 fully saturated rings. The first-order valence-corrected chi connectivity index (χ1v) is 8.14. The summed E-state index contributed by atoms with van der Waals surface area (Å²) in [4.78, 5) is 19.6. The lowest BCUT2D eigenvalue weighted by Crippen LogP contribution is -2.19. The van der Waals surface area contributed by atoms with Crippen LogP contribution in [0.3, 0.4) is 0 Å². The van der Waals surface area contributed by atoms with Crippen LogP contribution in [0.15, 0.2) is 34.2 Å². The molecule has 1 aromatic heterocycles. The zero-order chi connectivity index (χ0) is 14.5. The highest BCUT2D eigenvalue weighted by atomic mass is 35.5. The monoisotopic (exact) mass is 308 g/mol. The minimum Gasteiger partial charge on any atom is -0.301 e. The van der Waals surface area contributed by atoms with Crippen molar-refractivity contribution >= 4 is 23.4 Å². The molecule has 0 aliphatic rings. The van der Waals surface area contributed by atoms with Crippen LogP contribution in [0.5, 0.6) is 0 Å². The number of nitrogens with one attached hydrogen (secondary N) is 1. The van der Waals surface area contributed by atoms with E-state index in [1.165, 1.54) is 11.8 Å². The first kappa shape index (κ1) is 15.1. The minimum atomic E-state index is -0.0484. The van der Waals surface area contributed by atoms with Crippen LogP contribution in [-0.4, -0.2) is 16.2 Å². The van der Waals surface area contributed by atoms with Crippen molar-refractivity contribution in [1.29, 1.82) is 0 Å². The van der Waals surface area contributed by atoms with Gasteiger partial charge in [-0.15, -0.1) is 0 Å². The van der Waals surface area contributed by atoms with Crippen LogP contribution in [0.4, 0.5) is 0 Å². The van der Waals surface area contributed by atoms with Gasteiger partial charge >= 0.3 is 0 Å². The van der Waals surface area contributed by atoms with E-state index in [0.717, 1.165) is 29.7 Å². The zero-order valence-electron chi connectivity index (χ0n) is 11.6. The fourth-order valence-corrected chi connectivity index (χ4v) is 2.70. The molecule has 1 heterocycles. The second-order valence-electron chi connectivity index (χ2n) is 4.56. The Balaban J connectivity index is 2.42. The molecule has 2 rings (SSSR count). The van der Waals surface area contributed by atoms with Crippen molar-refractivity contribution in [2.45, 2.75) is 31.3 Å². The molecule has 106 valence electrons.